The van der Waals surface area contributed by atoms with Crippen LogP contribution >= 0.6 is 0 Å². The minimum absolute atomic E-state index is 0.130. The van der Waals surface area contributed by atoms with E-state index in [2.05, 4.69) is 21.6 Å². The third-order valence-electron chi connectivity index (χ3n) is 6.36. The molecular formula is C19H25FN4O. The molecule has 3 atom stereocenters. The summed E-state index contributed by atoms with van der Waals surface area (Å²) in [5.74, 6) is -0.479. The van der Waals surface area contributed by atoms with Crippen LogP contribution in [-0.4, -0.2) is 55.1 Å². The first kappa shape index (κ1) is 15.6. The van der Waals surface area contributed by atoms with Gasteiger partial charge in [0.15, 0.2) is 0 Å². The normalized spacial score (nSPS) is 31.6. The molecular weight excluding hydrogens is 319 g/mol. The molecule has 2 bridgehead atoms. The van der Waals surface area contributed by atoms with Gasteiger partial charge >= 0.3 is 0 Å². The lowest BCUT2D eigenvalue weighted by molar-refractivity contribution is 0.0671. The highest BCUT2D eigenvalue weighted by atomic mass is 19.1. The Hall–Kier alpha value is -1.66. The lowest BCUT2D eigenvalue weighted by atomic mass is 9.92. The highest BCUT2D eigenvalue weighted by Gasteiger charge is 2.38. The lowest BCUT2D eigenvalue weighted by Crippen LogP contribution is -2.61. The van der Waals surface area contributed by atoms with E-state index in [9.17, 15) is 9.18 Å². The van der Waals surface area contributed by atoms with Crippen molar-refractivity contribution in [1.82, 2.24) is 15.5 Å². The van der Waals surface area contributed by atoms with Crippen molar-refractivity contribution in [1.29, 1.82) is 0 Å². The molecule has 0 saturated carbocycles. The molecule has 5 aliphatic heterocycles. The second kappa shape index (κ2) is 5.95. The fourth-order valence-corrected chi connectivity index (χ4v) is 5.00. The third kappa shape index (κ3) is 2.54. The van der Waals surface area contributed by atoms with Gasteiger partial charge in [-0.05, 0) is 49.9 Å². The molecule has 0 radical (unpaired) electrons. The van der Waals surface area contributed by atoms with Crippen LogP contribution in [0, 0.1) is 5.82 Å². The third-order valence-corrected chi connectivity index (χ3v) is 6.36. The van der Waals surface area contributed by atoms with Gasteiger partial charge in [0.1, 0.15) is 5.82 Å². The Morgan fingerprint density at radius 3 is 2.64 bits per heavy atom. The van der Waals surface area contributed by atoms with Gasteiger partial charge in [-0.25, -0.2) is 4.39 Å². The minimum atomic E-state index is -0.349. The van der Waals surface area contributed by atoms with Crippen LogP contribution in [0.2, 0.25) is 0 Å². The summed E-state index contributed by atoms with van der Waals surface area (Å²) in [4.78, 5) is 17.0. The smallest absolute Gasteiger partial charge is 0.257 e. The molecule has 1 amide bonds. The van der Waals surface area contributed by atoms with Crippen LogP contribution in [0.5, 0.6) is 0 Å². The first-order chi connectivity index (χ1) is 12.2. The Kier molecular flexibility index (Phi) is 3.71. The number of amides is 1. The number of rotatable bonds is 2. The molecule has 1 aromatic carbocycles. The molecule has 5 nitrogen and oxygen atoms in total. The van der Waals surface area contributed by atoms with Crippen LogP contribution < -0.4 is 15.5 Å². The molecule has 25 heavy (non-hydrogen) atoms. The molecule has 6 heteroatoms. The molecule has 4 fully saturated rings. The van der Waals surface area contributed by atoms with Crippen molar-refractivity contribution < 1.29 is 9.18 Å². The highest BCUT2D eigenvalue weighted by molar-refractivity contribution is 5.99. The van der Waals surface area contributed by atoms with E-state index in [0.717, 1.165) is 56.7 Å². The Morgan fingerprint density at radius 2 is 1.96 bits per heavy atom. The van der Waals surface area contributed by atoms with Gasteiger partial charge in [0.2, 0.25) is 0 Å². The van der Waals surface area contributed by atoms with Crippen molar-refractivity contribution in [2.24, 2.45) is 0 Å². The van der Waals surface area contributed by atoms with Gasteiger partial charge in [0, 0.05) is 50.0 Å². The summed E-state index contributed by atoms with van der Waals surface area (Å²) in [7, 11) is 0. The van der Waals surface area contributed by atoms with E-state index < -0.39 is 0 Å². The van der Waals surface area contributed by atoms with Gasteiger partial charge in [-0.2, -0.15) is 0 Å². The molecule has 1 aromatic rings. The Morgan fingerprint density at radius 1 is 1.08 bits per heavy atom. The van der Waals surface area contributed by atoms with Crippen LogP contribution in [0.3, 0.4) is 0 Å². The van der Waals surface area contributed by atoms with Gasteiger partial charge in [-0.1, -0.05) is 0 Å². The zero-order valence-electron chi connectivity index (χ0n) is 14.4. The maximum Gasteiger partial charge on any atom is 0.257 e. The predicted octanol–water partition coefficient (Wildman–Crippen LogP) is 1.47. The monoisotopic (exact) mass is 344 g/mol. The van der Waals surface area contributed by atoms with Crippen molar-refractivity contribution in [2.45, 2.75) is 50.4 Å². The molecule has 0 aromatic heterocycles. The zero-order chi connectivity index (χ0) is 17.0. The molecule has 0 aliphatic carbocycles. The number of anilines is 1. The molecule has 5 aliphatic rings. The van der Waals surface area contributed by atoms with E-state index in [-0.39, 0.29) is 17.8 Å². The molecule has 134 valence electrons. The molecule has 2 N–H and O–H groups in total. The number of piperidine rings is 3. The maximum atomic E-state index is 14.8. The number of benzene rings is 1. The SMILES string of the molecule is O=C1c2c(F)cc(N3CC4CCC3CN4)cc2CN1C1CCCNC1. The van der Waals surface area contributed by atoms with Crippen molar-refractivity contribution in [3.05, 3.63) is 29.1 Å². The predicted molar refractivity (Wildman–Crippen MR) is 94.3 cm³/mol. The number of hydrogen-bond acceptors (Lipinski definition) is 4. The number of carbonyl (C=O) groups excluding carboxylic acids is 1. The van der Waals surface area contributed by atoms with E-state index in [0.29, 0.717) is 24.2 Å². The van der Waals surface area contributed by atoms with E-state index in [1.165, 1.54) is 6.42 Å². The molecule has 0 spiro atoms. The van der Waals surface area contributed by atoms with Crippen LogP contribution in [0.4, 0.5) is 10.1 Å². The first-order valence-corrected chi connectivity index (χ1v) is 9.55. The molecule has 6 rings (SSSR count). The highest BCUT2D eigenvalue weighted by Crippen LogP contribution is 2.35. The summed E-state index contributed by atoms with van der Waals surface area (Å²) in [5.41, 5.74) is 2.11. The summed E-state index contributed by atoms with van der Waals surface area (Å²) < 4.78 is 14.8. The van der Waals surface area contributed by atoms with Crippen molar-refractivity contribution in [2.75, 3.05) is 31.1 Å². The first-order valence-electron chi connectivity index (χ1n) is 9.55. The van der Waals surface area contributed by atoms with Gasteiger partial charge in [-0.3, -0.25) is 4.79 Å². The lowest BCUT2D eigenvalue weighted by Gasteiger charge is -2.47. The van der Waals surface area contributed by atoms with E-state index in [4.69, 9.17) is 0 Å². The fraction of sp³-hybridized carbons (Fsp3) is 0.632. The zero-order valence-corrected chi connectivity index (χ0v) is 14.4. The summed E-state index contributed by atoms with van der Waals surface area (Å²) >= 11 is 0. The Labute approximate surface area is 147 Å². The second-order valence-electron chi connectivity index (χ2n) is 7.88. The summed E-state index contributed by atoms with van der Waals surface area (Å²) in [6, 6.07) is 4.78. The minimum Gasteiger partial charge on any atom is -0.366 e. The van der Waals surface area contributed by atoms with Crippen LogP contribution in [0.1, 0.15) is 41.6 Å². The van der Waals surface area contributed by atoms with Crippen molar-refractivity contribution in [3.8, 4) is 0 Å². The van der Waals surface area contributed by atoms with Gasteiger partial charge in [0.05, 0.1) is 5.56 Å². The van der Waals surface area contributed by atoms with E-state index >= 15 is 0 Å². The fourth-order valence-electron chi connectivity index (χ4n) is 5.00. The number of nitrogens with zero attached hydrogens (tertiary/aromatic N) is 2. The quantitative estimate of drug-likeness (QED) is 0.853. The number of piperazine rings is 1. The summed E-state index contributed by atoms with van der Waals surface area (Å²) in [6.45, 7) is 4.28. The largest absolute Gasteiger partial charge is 0.366 e. The molecule has 4 saturated heterocycles. The Balaban J connectivity index is 1.44. The average molecular weight is 344 g/mol. The molecule has 5 heterocycles. The van der Waals surface area contributed by atoms with Crippen molar-refractivity contribution >= 4 is 11.6 Å². The summed E-state index contributed by atoms with van der Waals surface area (Å²) in [5, 5.41) is 6.89. The maximum absolute atomic E-state index is 14.8. The number of fused-ring (bicyclic) bond motifs is 4. The Bertz CT molecular complexity index is 695. The van der Waals surface area contributed by atoms with Gasteiger partial charge in [0.25, 0.3) is 5.91 Å². The van der Waals surface area contributed by atoms with Gasteiger partial charge in [-0.15, -0.1) is 0 Å². The number of hydrogen-bond donors (Lipinski definition) is 2. The van der Waals surface area contributed by atoms with E-state index in [1.54, 1.807) is 6.07 Å². The number of nitrogens with one attached hydrogen (secondary N) is 2. The second-order valence-corrected chi connectivity index (χ2v) is 7.88. The topological polar surface area (TPSA) is 47.6 Å². The molecule has 3 unspecified atom stereocenters. The van der Waals surface area contributed by atoms with Gasteiger partial charge < -0.3 is 20.4 Å². The van der Waals surface area contributed by atoms with Crippen LogP contribution in [0.15, 0.2) is 12.1 Å². The van der Waals surface area contributed by atoms with Crippen LogP contribution in [0.25, 0.3) is 0 Å². The van der Waals surface area contributed by atoms with Crippen molar-refractivity contribution in [3.63, 3.8) is 0 Å². The van der Waals surface area contributed by atoms with E-state index in [1.807, 2.05) is 4.90 Å². The average Bonchev–Trinajstić information content (AvgIpc) is 3.00. The number of halogens is 1. The standard InChI is InChI=1S/C19H25FN4O/c20-17-7-16(23-11-13-3-4-15(23)9-22-13)6-12-10-24(19(25)18(12)17)14-2-1-5-21-8-14/h6-7,13-15,21-22H,1-5,8-11H2. The van der Waals surface area contributed by atoms with Crippen LogP contribution in [-0.2, 0) is 6.54 Å². The number of carbonyl (C=O) groups is 1. The summed E-state index contributed by atoms with van der Waals surface area (Å²) in [6.07, 6.45) is 4.44.